The molecule has 0 aliphatic heterocycles. The van der Waals surface area contributed by atoms with Gasteiger partial charge in [0.1, 0.15) is 0 Å². The third kappa shape index (κ3) is 4.19. The van der Waals surface area contributed by atoms with Crippen LogP contribution in [0.5, 0.6) is 0 Å². The molecule has 3 heteroatoms. The Morgan fingerprint density at radius 2 is 1.88 bits per heavy atom. The second-order valence-electron chi connectivity index (χ2n) is 4.50. The quantitative estimate of drug-likeness (QED) is 0.823. The van der Waals surface area contributed by atoms with Gasteiger partial charge in [0, 0.05) is 12.6 Å². The van der Waals surface area contributed by atoms with E-state index in [1.165, 1.54) is 0 Å². The molecule has 1 aromatic carbocycles. The van der Waals surface area contributed by atoms with Crippen LogP contribution in [0.25, 0.3) is 0 Å². The predicted octanol–water partition coefficient (Wildman–Crippen LogP) is 2.54. The van der Waals surface area contributed by atoms with E-state index >= 15 is 0 Å². The molecule has 0 unspecified atom stereocenters. The first-order valence-electron chi connectivity index (χ1n) is 6.07. The fourth-order valence-corrected chi connectivity index (χ4v) is 1.93. The highest BCUT2D eigenvalue weighted by atomic mass is 16.4. The molecule has 0 spiro atoms. The van der Waals surface area contributed by atoms with Gasteiger partial charge >= 0.3 is 5.97 Å². The number of aliphatic carboxylic acids is 1. The number of hydrogen-bond acceptors (Lipinski definition) is 2. The summed E-state index contributed by atoms with van der Waals surface area (Å²) in [7, 11) is 0. The Hall–Kier alpha value is -1.35. The Kier molecular flexibility index (Phi) is 5.16. The number of rotatable bonds is 6. The van der Waals surface area contributed by atoms with Crippen LogP contribution in [-0.2, 0) is 17.8 Å². The molecule has 94 valence electrons. The number of carboxylic acids is 1. The lowest BCUT2D eigenvalue weighted by atomic mass is 10.0. The molecule has 0 aromatic heterocycles. The zero-order valence-corrected chi connectivity index (χ0v) is 10.8. The van der Waals surface area contributed by atoms with Crippen LogP contribution >= 0.6 is 0 Å². The average Bonchev–Trinajstić information content (AvgIpc) is 2.26. The summed E-state index contributed by atoms with van der Waals surface area (Å²) in [5, 5.41) is 8.88. The van der Waals surface area contributed by atoms with Gasteiger partial charge in [-0.2, -0.15) is 0 Å². The summed E-state index contributed by atoms with van der Waals surface area (Å²) in [5.41, 5.74) is 2.03. The SMILES string of the molecule is CCN(Cc1ccccc1CC(=O)O)C(C)C. The van der Waals surface area contributed by atoms with Gasteiger partial charge in [0.05, 0.1) is 6.42 Å². The van der Waals surface area contributed by atoms with E-state index in [-0.39, 0.29) is 6.42 Å². The largest absolute Gasteiger partial charge is 0.481 e. The van der Waals surface area contributed by atoms with Crippen molar-refractivity contribution >= 4 is 5.97 Å². The number of benzene rings is 1. The summed E-state index contributed by atoms with van der Waals surface area (Å²) in [4.78, 5) is 13.1. The summed E-state index contributed by atoms with van der Waals surface area (Å²) in [6.07, 6.45) is 0.103. The maximum atomic E-state index is 10.8. The smallest absolute Gasteiger partial charge is 0.307 e. The molecular weight excluding hydrogens is 214 g/mol. The van der Waals surface area contributed by atoms with E-state index in [1.807, 2.05) is 24.3 Å². The fourth-order valence-electron chi connectivity index (χ4n) is 1.93. The standard InChI is InChI=1S/C14H21NO2/c1-4-15(11(2)3)10-13-8-6-5-7-12(13)9-14(16)17/h5-8,11H,4,9-10H2,1-3H3,(H,16,17). The number of carbonyl (C=O) groups is 1. The van der Waals surface area contributed by atoms with Crippen LogP contribution in [0.4, 0.5) is 0 Å². The number of hydrogen-bond donors (Lipinski definition) is 1. The van der Waals surface area contributed by atoms with Crippen LogP contribution < -0.4 is 0 Å². The van der Waals surface area contributed by atoms with Gasteiger partial charge in [-0.05, 0) is 31.5 Å². The van der Waals surface area contributed by atoms with Crippen molar-refractivity contribution in [3.63, 3.8) is 0 Å². The van der Waals surface area contributed by atoms with E-state index in [2.05, 4.69) is 25.7 Å². The molecule has 3 nitrogen and oxygen atoms in total. The van der Waals surface area contributed by atoms with E-state index in [0.717, 1.165) is 24.2 Å². The molecular formula is C14H21NO2. The molecule has 0 fully saturated rings. The highest BCUT2D eigenvalue weighted by molar-refractivity contribution is 5.70. The molecule has 0 saturated carbocycles. The van der Waals surface area contributed by atoms with E-state index in [9.17, 15) is 4.79 Å². The second-order valence-corrected chi connectivity index (χ2v) is 4.50. The van der Waals surface area contributed by atoms with Gasteiger partial charge in [-0.25, -0.2) is 0 Å². The predicted molar refractivity (Wildman–Crippen MR) is 69.0 cm³/mol. The molecule has 17 heavy (non-hydrogen) atoms. The maximum absolute atomic E-state index is 10.8. The Morgan fingerprint density at radius 1 is 1.29 bits per heavy atom. The molecule has 0 aliphatic rings. The molecule has 0 aliphatic carbocycles. The van der Waals surface area contributed by atoms with E-state index in [0.29, 0.717) is 6.04 Å². The minimum absolute atomic E-state index is 0.103. The van der Waals surface area contributed by atoms with Crippen LogP contribution in [0.3, 0.4) is 0 Å². The van der Waals surface area contributed by atoms with Crippen molar-refractivity contribution in [1.82, 2.24) is 4.90 Å². The molecule has 0 amide bonds. The topological polar surface area (TPSA) is 40.5 Å². The molecule has 0 heterocycles. The monoisotopic (exact) mass is 235 g/mol. The van der Waals surface area contributed by atoms with Crippen molar-refractivity contribution < 1.29 is 9.90 Å². The van der Waals surface area contributed by atoms with Crippen molar-refractivity contribution in [2.45, 2.75) is 39.8 Å². The van der Waals surface area contributed by atoms with Crippen LogP contribution in [0.1, 0.15) is 31.9 Å². The Morgan fingerprint density at radius 3 is 2.35 bits per heavy atom. The summed E-state index contributed by atoms with van der Waals surface area (Å²) >= 11 is 0. The van der Waals surface area contributed by atoms with Gasteiger partial charge in [-0.1, -0.05) is 31.2 Å². The number of carboxylic acid groups (broad SMARTS) is 1. The Balaban J connectivity index is 2.85. The highest BCUT2D eigenvalue weighted by Crippen LogP contribution is 2.14. The Labute approximate surface area is 103 Å². The van der Waals surface area contributed by atoms with Crippen LogP contribution in [0, 0.1) is 0 Å². The van der Waals surface area contributed by atoms with Crippen molar-refractivity contribution in [3.8, 4) is 0 Å². The van der Waals surface area contributed by atoms with Crippen molar-refractivity contribution in [3.05, 3.63) is 35.4 Å². The molecule has 0 saturated heterocycles. The molecule has 0 atom stereocenters. The lowest BCUT2D eigenvalue weighted by molar-refractivity contribution is -0.136. The van der Waals surface area contributed by atoms with Crippen LogP contribution in [-0.4, -0.2) is 28.6 Å². The van der Waals surface area contributed by atoms with E-state index < -0.39 is 5.97 Å². The van der Waals surface area contributed by atoms with Gasteiger partial charge < -0.3 is 5.11 Å². The normalized spacial score (nSPS) is 11.1. The number of nitrogens with zero attached hydrogens (tertiary/aromatic N) is 1. The average molecular weight is 235 g/mol. The van der Waals surface area contributed by atoms with Crippen molar-refractivity contribution in [2.75, 3.05) is 6.54 Å². The molecule has 0 bridgehead atoms. The van der Waals surface area contributed by atoms with Crippen molar-refractivity contribution in [1.29, 1.82) is 0 Å². The van der Waals surface area contributed by atoms with Crippen LogP contribution in [0.15, 0.2) is 24.3 Å². The highest BCUT2D eigenvalue weighted by Gasteiger charge is 2.11. The van der Waals surface area contributed by atoms with E-state index in [1.54, 1.807) is 0 Å². The minimum atomic E-state index is -0.773. The van der Waals surface area contributed by atoms with Crippen molar-refractivity contribution in [2.24, 2.45) is 0 Å². The minimum Gasteiger partial charge on any atom is -0.481 e. The van der Waals surface area contributed by atoms with Gasteiger partial charge in [0.2, 0.25) is 0 Å². The first kappa shape index (κ1) is 13.7. The second kappa shape index (κ2) is 6.40. The van der Waals surface area contributed by atoms with Crippen LogP contribution in [0.2, 0.25) is 0 Å². The summed E-state index contributed by atoms with van der Waals surface area (Å²) in [6.45, 7) is 8.23. The lowest BCUT2D eigenvalue weighted by Crippen LogP contribution is -2.30. The summed E-state index contributed by atoms with van der Waals surface area (Å²) in [6, 6.07) is 8.25. The first-order chi connectivity index (χ1) is 8.04. The fraction of sp³-hybridized carbons (Fsp3) is 0.500. The van der Waals surface area contributed by atoms with E-state index in [4.69, 9.17) is 5.11 Å². The van der Waals surface area contributed by atoms with Gasteiger partial charge in [-0.3, -0.25) is 9.69 Å². The zero-order valence-electron chi connectivity index (χ0n) is 10.8. The Bertz CT molecular complexity index is 374. The molecule has 1 rings (SSSR count). The summed E-state index contributed by atoms with van der Waals surface area (Å²) in [5.74, 6) is -0.773. The van der Waals surface area contributed by atoms with Gasteiger partial charge in [0.15, 0.2) is 0 Å². The lowest BCUT2D eigenvalue weighted by Gasteiger charge is -2.25. The van der Waals surface area contributed by atoms with Gasteiger partial charge in [-0.15, -0.1) is 0 Å². The first-order valence-corrected chi connectivity index (χ1v) is 6.07. The zero-order chi connectivity index (χ0) is 12.8. The molecule has 1 aromatic rings. The third-order valence-electron chi connectivity index (χ3n) is 2.97. The maximum Gasteiger partial charge on any atom is 0.307 e. The summed E-state index contributed by atoms with van der Waals surface area (Å²) < 4.78 is 0. The third-order valence-corrected chi connectivity index (χ3v) is 2.97. The molecule has 0 radical (unpaired) electrons. The molecule has 1 N–H and O–H groups in total. The van der Waals surface area contributed by atoms with Gasteiger partial charge in [0.25, 0.3) is 0 Å².